The van der Waals surface area contributed by atoms with Gasteiger partial charge in [0.25, 0.3) is 11.8 Å². The summed E-state index contributed by atoms with van der Waals surface area (Å²) in [4.78, 5) is 50.2. The lowest BCUT2D eigenvalue weighted by Gasteiger charge is -2.27. The van der Waals surface area contributed by atoms with Crippen molar-refractivity contribution in [3.05, 3.63) is 34.9 Å². The van der Waals surface area contributed by atoms with E-state index in [2.05, 4.69) is 10.6 Å². The molecule has 0 aromatic heterocycles. The van der Waals surface area contributed by atoms with Crippen molar-refractivity contribution in [2.45, 2.75) is 50.2 Å². The van der Waals surface area contributed by atoms with Gasteiger partial charge in [-0.3, -0.25) is 29.4 Å². The molecule has 2 fully saturated rings. The molecule has 3 aliphatic rings. The van der Waals surface area contributed by atoms with Crippen molar-refractivity contribution < 1.29 is 19.2 Å². The fourth-order valence-corrected chi connectivity index (χ4v) is 3.70. The summed E-state index contributed by atoms with van der Waals surface area (Å²) >= 11 is 0. The predicted octanol–water partition coefficient (Wildman–Crippen LogP) is 0.0588. The quantitative estimate of drug-likeness (QED) is 0.481. The van der Waals surface area contributed by atoms with Gasteiger partial charge in [0.15, 0.2) is 0 Å². The third-order valence-corrected chi connectivity index (χ3v) is 5.56. The van der Waals surface area contributed by atoms with Gasteiger partial charge in [-0.2, -0.15) is 0 Å². The van der Waals surface area contributed by atoms with E-state index in [1.807, 2.05) is 0 Å². The zero-order valence-corrected chi connectivity index (χ0v) is 14.9. The Morgan fingerprint density at radius 2 is 1.96 bits per heavy atom. The van der Waals surface area contributed by atoms with Crippen LogP contribution in [0.25, 0.3) is 0 Å². The molecule has 1 aromatic rings. The number of benzene rings is 1. The van der Waals surface area contributed by atoms with Crippen LogP contribution in [-0.2, 0) is 16.1 Å². The monoisotopic (exact) mass is 370 g/mol. The lowest BCUT2D eigenvalue weighted by molar-refractivity contribution is -0.136. The molecule has 1 saturated heterocycles. The number of carbonyl (C=O) groups excluding carboxylic acids is 4. The number of fused-ring (bicyclic) bond motifs is 1. The molecular formula is C19H22N4O4. The van der Waals surface area contributed by atoms with E-state index in [4.69, 9.17) is 5.73 Å². The topological polar surface area (TPSA) is 122 Å². The summed E-state index contributed by atoms with van der Waals surface area (Å²) in [7, 11) is 0. The molecule has 1 aromatic carbocycles. The molecule has 0 bridgehead atoms. The maximum Gasteiger partial charge on any atom is 0.262 e. The van der Waals surface area contributed by atoms with Crippen LogP contribution in [0.5, 0.6) is 0 Å². The number of hydrogen-bond acceptors (Lipinski definition) is 6. The lowest BCUT2D eigenvalue weighted by atomic mass is 10.0. The first kappa shape index (κ1) is 17.8. The average Bonchev–Trinajstić information content (AvgIpc) is 3.31. The Kier molecular flexibility index (Phi) is 4.32. The number of hydrogen-bond donors (Lipinski definition) is 3. The molecule has 2 heterocycles. The summed E-state index contributed by atoms with van der Waals surface area (Å²) in [6.45, 7) is 1.18. The fourth-order valence-electron chi connectivity index (χ4n) is 3.70. The molecule has 8 heteroatoms. The number of nitrogens with zero attached hydrogens (tertiary/aromatic N) is 1. The molecule has 4 amide bonds. The van der Waals surface area contributed by atoms with Gasteiger partial charge in [0.05, 0.1) is 11.1 Å². The van der Waals surface area contributed by atoms with Crippen LogP contribution in [0.2, 0.25) is 0 Å². The van der Waals surface area contributed by atoms with E-state index in [1.165, 1.54) is 0 Å². The second kappa shape index (κ2) is 6.54. The van der Waals surface area contributed by atoms with E-state index in [9.17, 15) is 19.2 Å². The molecule has 1 unspecified atom stereocenters. The van der Waals surface area contributed by atoms with Crippen molar-refractivity contribution in [3.63, 3.8) is 0 Å². The van der Waals surface area contributed by atoms with Gasteiger partial charge in [-0.1, -0.05) is 12.1 Å². The molecule has 1 aliphatic carbocycles. The number of carbonyl (C=O) groups is 4. The minimum Gasteiger partial charge on any atom is -0.325 e. The summed E-state index contributed by atoms with van der Waals surface area (Å²) in [6.07, 6.45) is 3.23. The minimum atomic E-state index is -0.942. The normalized spacial score (nSPS) is 23.4. The lowest BCUT2D eigenvalue weighted by Crippen LogP contribution is -2.54. The van der Waals surface area contributed by atoms with Crippen molar-refractivity contribution in [1.82, 2.24) is 15.5 Å². The van der Waals surface area contributed by atoms with Crippen LogP contribution in [-0.4, -0.2) is 46.7 Å². The number of nitrogens with two attached hydrogens (primary N) is 1. The van der Waals surface area contributed by atoms with Crippen LogP contribution in [0, 0.1) is 0 Å². The molecule has 4 rings (SSSR count). The van der Waals surface area contributed by atoms with E-state index in [1.54, 1.807) is 18.2 Å². The highest BCUT2D eigenvalue weighted by molar-refractivity contribution is 6.24. The first-order valence-electron chi connectivity index (χ1n) is 9.23. The third-order valence-electron chi connectivity index (χ3n) is 5.56. The zero-order valence-electron chi connectivity index (χ0n) is 14.9. The molecule has 27 heavy (non-hydrogen) atoms. The van der Waals surface area contributed by atoms with Gasteiger partial charge < -0.3 is 11.1 Å². The summed E-state index contributed by atoms with van der Waals surface area (Å²) in [5, 5.41) is 5.49. The Morgan fingerprint density at radius 1 is 1.19 bits per heavy atom. The van der Waals surface area contributed by atoms with Crippen molar-refractivity contribution in [2.75, 3.05) is 6.54 Å². The molecule has 8 nitrogen and oxygen atoms in total. The van der Waals surface area contributed by atoms with Crippen molar-refractivity contribution in [1.29, 1.82) is 0 Å². The molecule has 4 N–H and O–H groups in total. The Morgan fingerprint density at radius 3 is 2.67 bits per heavy atom. The highest BCUT2D eigenvalue weighted by atomic mass is 16.2. The Labute approximate surface area is 156 Å². The van der Waals surface area contributed by atoms with Gasteiger partial charge in [-0.05, 0) is 43.9 Å². The maximum atomic E-state index is 12.9. The van der Waals surface area contributed by atoms with E-state index in [0.717, 1.165) is 36.3 Å². The summed E-state index contributed by atoms with van der Waals surface area (Å²) in [5.74, 6) is -1.94. The first-order valence-corrected chi connectivity index (χ1v) is 9.23. The molecule has 0 radical (unpaired) electrons. The van der Waals surface area contributed by atoms with E-state index < -0.39 is 23.8 Å². The maximum absolute atomic E-state index is 12.9. The van der Waals surface area contributed by atoms with Crippen LogP contribution < -0.4 is 16.4 Å². The van der Waals surface area contributed by atoms with Crippen LogP contribution in [0.1, 0.15) is 58.4 Å². The van der Waals surface area contributed by atoms with Crippen LogP contribution in [0.3, 0.4) is 0 Å². The number of imide groups is 2. The van der Waals surface area contributed by atoms with Gasteiger partial charge in [0.1, 0.15) is 6.04 Å². The summed E-state index contributed by atoms with van der Waals surface area (Å²) in [6, 6.07) is 4.20. The molecule has 2 aliphatic heterocycles. The number of piperidine rings is 1. The standard InChI is InChI=1S/C19H22N4O4/c20-19(6-7-19)8-9-21-10-11-2-1-3-12-15(11)18(27)23(17(12)26)13-4-5-14(24)22-16(13)25/h1-3,13,21H,4-10,20H2,(H,22,24,25). The molecular weight excluding hydrogens is 348 g/mol. The average molecular weight is 370 g/mol. The van der Waals surface area contributed by atoms with Crippen molar-refractivity contribution in [3.8, 4) is 0 Å². The highest BCUT2D eigenvalue weighted by Gasteiger charge is 2.45. The Bertz CT molecular complexity index is 846. The van der Waals surface area contributed by atoms with Gasteiger partial charge in [0.2, 0.25) is 11.8 Å². The van der Waals surface area contributed by atoms with Crippen molar-refractivity contribution >= 4 is 23.6 Å². The van der Waals surface area contributed by atoms with E-state index in [-0.39, 0.29) is 24.3 Å². The fraction of sp³-hybridized carbons (Fsp3) is 0.474. The van der Waals surface area contributed by atoms with Crippen LogP contribution in [0.15, 0.2) is 18.2 Å². The molecule has 0 spiro atoms. The second-order valence-electron chi connectivity index (χ2n) is 7.58. The van der Waals surface area contributed by atoms with E-state index in [0.29, 0.717) is 17.7 Å². The Hall–Kier alpha value is -2.58. The van der Waals surface area contributed by atoms with Gasteiger partial charge in [0, 0.05) is 18.5 Å². The molecule has 1 atom stereocenters. The van der Waals surface area contributed by atoms with Gasteiger partial charge in [-0.25, -0.2) is 0 Å². The molecule has 142 valence electrons. The summed E-state index contributed by atoms with van der Waals surface area (Å²) in [5.41, 5.74) is 7.40. The first-order chi connectivity index (χ1) is 12.9. The molecule has 1 saturated carbocycles. The second-order valence-corrected chi connectivity index (χ2v) is 7.58. The third kappa shape index (κ3) is 3.26. The zero-order chi connectivity index (χ0) is 19.2. The summed E-state index contributed by atoms with van der Waals surface area (Å²) < 4.78 is 0. The largest absolute Gasteiger partial charge is 0.325 e. The number of rotatable bonds is 6. The van der Waals surface area contributed by atoms with Gasteiger partial charge in [-0.15, -0.1) is 0 Å². The minimum absolute atomic E-state index is 0.0417. The SMILES string of the molecule is NC1(CCNCc2cccc3c2C(=O)N(C2CCC(=O)NC2=O)C3=O)CC1. The van der Waals surface area contributed by atoms with Crippen LogP contribution in [0.4, 0.5) is 0 Å². The smallest absolute Gasteiger partial charge is 0.262 e. The highest BCUT2D eigenvalue weighted by Crippen LogP contribution is 2.35. The van der Waals surface area contributed by atoms with Crippen molar-refractivity contribution in [2.24, 2.45) is 5.73 Å². The number of amides is 4. The predicted molar refractivity (Wildman–Crippen MR) is 95.6 cm³/mol. The van der Waals surface area contributed by atoms with Gasteiger partial charge >= 0.3 is 0 Å². The Balaban J connectivity index is 1.50. The van der Waals surface area contributed by atoms with E-state index >= 15 is 0 Å². The number of nitrogens with one attached hydrogen (secondary N) is 2. The van der Waals surface area contributed by atoms with Crippen LogP contribution >= 0.6 is 0 Å².